The van der Waals surface area contributed by atoms with Crippen LogP contribution in [0.2, 0.25) is 0 Å². The van der Waals surface area contributed by atoms with Crippen molar-refractivity contribution >= 4 is 11.6 Å². The van der Waals surface area contributed by atoms with Crippen molar-refractivity contribution in [2.75, 3.05) is 5.32 Å². The molecule has 0 amide bonds. The highest BCUT2D eigenvalue weighted by molar-refractivity contribution is 5.93. The van der Waals surface area contributed by atoms with E-state index in [0.717, 1.165) is 38.1 Å². The Morgan fingerprint density at radius 2 is 2.04 bits per heavy atom. The summed E-state index contributed by atoms with van der Waals surface area (Å²) in [6.45, 7) is 1.02. The largest absolute Gasteiger partial charge is 0.573 e. The fraction of sp³-hybridized carbons (Fsp3) is 0.438. The third-order valence-electron chi connectivity index (χ3n) is 3.95. The fourth-order valence-corrected chi connectivity index (χ4v) is 2.78. The summed E-state index contributed by atoms with van der Waals surface area (Å²) in [4.78, 5) is 4.16. The van der Waals surface area contributed by atoms with Gasteiger partial charge in [0.15, 0.2) is 17.5 Å². The van der Waals surface area contributed by atoms with Crippen LogP contribution in [0, 0.1) is 0 Å². The molecule has 0 saturated carbocycles. The Morgan fingerprint density at radius 3 is 2.85 bits per heavy atom. The SMILES string of the molecule is NC(=NCc1nnc2n1CCCCC2)Nc1ccccc1OC(F)(F)F. The number of alkyl halides is 3. The normalized spacial score (nSPS) is 15.3. The number of para-hydroxylation sites is 2. The molecule has 0 spiro atoms. The molecule has 2 heterocycles. The first-order chi connectivity index (χ1) is 12.4. The number of guanidine groups is 1. The summed E-state index contributed by atoms with van der Waals surface area (Å²) >= 11 is 0. The molecule has 0 unspecified atom stereocenters. The van der Waals surface area contributed by atoms with Gasteiger partial charge in [-0.1, -0.05) is 18.6 Å². The van der Waals surface area contributed by atoms with E-state index in [0.29, 0.717) is 5.82 Å². The molecule has 1 aliphatic rings. The number of fused-ring (bicyclic) bond motifs is 1. The lowest BCUT2D eigenvalue weighted by Crippen LogP contribution is -2.24. The Bertz CT molecular complexity index is 787. The summed E-state index contributed by atoms with van der Waals surface area (Å²) in [5, 5.41) is 10.9. The predicted molar refractivity (Wildman–Crippen MR) is 89.7 cm³/mol. The van der Waals surface area contributed by atoms with Crippen molar-refractivity contribution in [2.45, 2.75) is 45.1 Å². The number of hydrogen-bond donors (Lipinski definition) is 2. The zero-order valence-electron chi connectivity index (χ0n) is 14.0. The van der Waals surface area contributed by atoms with E-state index in [4.69, 9.17) is 5.73 Å². The van der Waals surface area contributed by atoms with E-state index >= 15 is 0 Å². The number of nitrogens with two attached hydrogens (primary N) is 1. The molecule has 3 N–H and O–H groups in total. The molecule has 2 aromatic rings. The van der Waals surface area contributed by atoms with Crippen LogP contribution in [0.4, 0.5) is 18.9 Å². The molecule has 1 aliphatic heterocycles. The maximum Gasteiger partial charge on any atom is 0.573 e. The van der Waals surface area contributed by atoms with Crippen LogP contribution in [0.25, 0.3) is 0 Å². The van der Waals surface area contributed by atoms with Gasteiger partial charge in [-0.3, -0.25) is 0 Å². The van der Waals surface area contributed by atoms with Gasteiger partial charge in [0.1, 0.15) is 12.4 Å². The zero-order chi connectivity index (χ0) is 18.6. The van der Waals surface area contributed by atoms with E-state index in [-0.39, 0.29) is 23.9 Å². The minimum atomic E-state index is -4.79. The molecule has 10 heteroatoms. The molecule has 0 atom stereocenters. The molecule has 1 aromatic heterocycles. The summed E-state index contributed by atoms with van der Waals surface area (Å²) in [6.07, 6.45) is -0.625. The van der Waals surface area contributed by atoms with Crippen LogP contribution in [-0.2, 0) is 19.5 Å². The topological polar surface area (TPSA) is 90.4 Å². The second-order valence-corrected chi connectivity index (χ2v) is 5.87. The van der Waals surface area contributed by atoms with E-state index < -0.39 is 6.36 Å². The molecule has 0 aliphatic carbocycles. The van der Waals surface area contributed by atoms with Gasteiger partial charge in [0.05, 0.1) is 5.69 Å². The maximum absolute atomic E-state index is 12.5. The van der Waals surface area contributed by atoms with Gasteiger partial charge >= 0.3 is 6.36 Å². The van der Waals surface area contributed by atoms with Crippen LogP contribution in [0.1, 0.15) is 30.9 Å². The third-order valence-corrected chi connectivity index (χ3v) is 3.95. The highest BCUT2D eigenvalue weighted by atomic mass is 19.4. The summed E-state index contributed by atoms with van der Waals surface area (Å²) < 4.78 is 43.4. The lowest BCUT2D eigenvalue weighted by molar-refractivity contribution is -0.274. The number of aromatic nitrogens is 3. The number of hydrogen-bond acceptors (Lipinski definition) is 4. The number of anilines is 1. The van der Waals surface area contributed by atoms with Crippen molar-refractivity contribution in [3.63, 3.8) is 0 Å². The number of halogens is 3. The number of nitrogens with zero attached hydrogens (tertiary/aromatic N) is 4. The van der Waals surface area contributed by atoms with Crippen molar-refractivity contribution < 1.29 is 17.9 Å². The van der Waals surface area contributed by atoms with Gasteiger partial charge < -0.3 is 20.4 Å². The Balaban J connectivity index is 1.69. The molecule has 26 heavy (non-hydrogen) atoms. The predicted octanol–water partition coefficient (Wildman–Crippen LogP) is 2.83. The van der Waals surface area contributed by atoms with Crippen LogP contribution in [-0.4, -0.2) is 27.1 Å². The maximum atomic E-state index is 12.5. The number of nitrogens with one attached hydrogen (secondary N) is 1. The molecule has 0 bridgehead atoms. The van der Waals surface area contributed by atoms with Crippen molar-refractivity contribution in [3.8, 4) is 5.75 Å². The Labute approximate surface area is 148 Å². The van der Waals surface area contributed by atoms with Gasteiger partial charge in [-0.25, -0.2) is 4.99 Å². The molecule has 3 rings (SSSR count). The van der Waals surface area contributed by atoms with Gasteiger partial charge in [0.2, 0.25) is 0 Å². The van der Waals surface area contributed by atoms with Gasteiger partial charge in [-0.15, -0.1) is 23.4 Å². The van der Waals surface area contributed by atoms with Crippen LogP contribution in [0.15, 0.2) is 29.3 Å². The van der Waals surface area contributed by atoms with E-state index in [9.17, 15) is 13.2 Å². The molecule has 1 aromatic carbocycles. The van der Waals surface area contributed by atoms with E-state index in [1.165, 1.54) is 18.2 Å². The number of aryl methyl sites for hydroxylation is 1. The standard InChI is InChI=1S/C16H19F3N6O/c17-16(18,19)26-12-7-4-3-6-11(12)22-15(20)21-10-14-24-23-13-8-2-1-5-9-25(13)14/h3-4,6-7H,1-2,5,8-10H2,(H3,20,21,22). The first-order valence-corrected chi connectivity index (χ1v) is 8.25. The van der Waals surface area contributed by atoms with Gasteiger partial charge in [0.25, 0.3) is 0 Å². The average molecular weight is 368 g/mol. The fourth-order valence-electron chi connectivity index (χ4n) is 2.78. The number of rotatable bonds is 4. The highest BCUT2D eigenvalue weighted by Gasteiger charge is 2.32. The lowest BCUT2D eigenvalue weighted by Gasteiger charge is -2.14. The molecular formula is C16H19F3N6O. The smallest absolute Gasteiger partial charge is 0.404 e. The van der Waals surface area contributed by atoms with Crippen molar-refractivity contribution in [1.29, 1.82) is 0 Å². The second-order valence-electron chi connectivity index (χ2n) is 5.87. The zero-order valence-corrected chi connectivity index (χ0v) is 14.0. The first kappa shape index (κ1) is 18.0. The Kier molecular flexibility index (Phi) is 5.29. The molecule has 0 radical (unpaired) electrons. The quantitative estimate of drug-likeness (QED) is 0.640. The second kappa shape index (κ2) is 7.63. The minimum Gasteiger partial charge on any atom is -0.404 e. The van der Waals surface area contributed by atoms with Crippen LogP contribution >= 0.6 is 0 Å². The first-order valence-electron chi connectivity index (χ1n) is 8.25. The molecule has 140 valence electrons. The molecule has 0 fully saturated rings. The lowest BCUT2D eigenvalue weighted by atomic mass is 10.2. The van der Waals surface area contributed by atoms with Crippen LogP contribution < -0.4 is 15.8 Å². The van der Waals surface area contributed by atoms with E-state index in [1.807, 2.05) is 4.57 Å². The minimum absolute atomic E-state index is 0.0332. The number of aliphatic imine (C=N–C) groups is 1. The van der Waals surface area contributed by atoms with Gasteiger partial charge in [-0.05, 0) is 25.0 Å². The monoisotopic (exact) mass is 368 g/mol. The van der Waals surface area contributed by atoms with E-state index in [1.54, 1.807) is 6.07 Å². The summed E-state index contributed by atoms with van der Waals surface area (Å²) in [6, 6.07) is 5.62. The van der Waals surface area contributed by atoms with Crippen molar-refractivity contribution in [1.82, 2.24) is 14.8 Å². The van der Waals surface area contributed by atoms with Crippen molar-refractivity contribution in [3.05, 3.63) is 35.9 Å². The molecule has 0 saturated heterocycles. The third kappa shape index (κ3) is 4.64. The van der Waals surface area contributed by atoms with Gasteiger partial charge in [-0.2, -0.15) is 0 Å². The van der Waals surface area contributed by atoms with Gasteiger partial charge in [0, 0.05) is 13.0 Å². The van der Waals surface area contributed by atoms with Crippen LogP contribution in [0.3, 0.4) is 0 Å². The van der Waals surface area contributed by atoms with E-state index in [2.05, 4.69) is 25.2 Å². The van der Waals surface area contributed by atoms with Crippen LogP contribution in [0.5, 0.6) is 5.75 Å². The summed E-state index contributed by atoms with van der Waals surface area (Å²) in [5.41, 5.74) is 5.88. The molecular weight excluding hydrogens is 349 g/mol. The average Bonchev–Trinajstić information content (AvgIpc) is 2.80. The summed E-state index contributed by atoms with van der Waals surface area (Å²) in [7, 11) is 0. The Morgan fingerprint density at radius 1 is 1.23 bits per heavy atom. The summed E-state index contributed by atoms with van der Waals surface area (Å²) in [5.74, 6) is 1.21. The number of benzene rings is 1. The highest BCUT2D eigenvalue weighted by Crippen LogP contribution is 2.29. The molecule has 7 nitrogen and oxygen atoms in total. The number of ether oxygens (including phenoxy) is 1. The van der Waals surface area contributed by atoms with Crippen molar-refractivity contribution in [2.24, 2.45) is 10.7 Å². The Hall–Kier alpha value is -2.78.